The fourth-order valence-corrected chi connectivity index (χ4v) is 9.47. The third-order valence-electron chi connectivity index (χ3n) is 11.7. The van der Waals surface area contributed by atoms with Gasteiger partial charge in [0.25, 0.3) is 0 Å². The number of fused-ring (bicyclic) bond motifs is 4. The monoisotopic (exact) mass is 426 g/mol. The summed E-state index contributed by atoms with van der Waals surface area (Å²) >= 11 is 0. The third kappa shape index (κ3) is 3.34. The number of rotatable bonds is 4. The summed E-state index contributed by atoms with van der Waals surface area (Å²) in [5.41, 5.74) is 6.41. The van der Waals surface area contributed by atoms with Gasteiger partial charge in [0.05, 0.1) is 6.10 Å². The van der Waals surface area contributed by atoms with Crippen LogP contribution in [-0.2, 0) is 0 Å². The molecule has 4 aliphatic carbocycles. The second kappa shape index (κ2) is 7.75. The molecule has 0 aliphatic heterocycles. The fraction of sp³-hybridized carbons (Fsp3) is 0.867. The summed E-state index contributed by atoms with van der Waals surface area (Å²) in [4.78, 5) is 0. The van der Waals surface area contributed by atoms with Crippen LogP contribution in [0.1, 0.15) is 120 Å². The standard InChI is InChI=1S/C30H50O/c1-20(2)10-9-11-21(3)22-14-18-30(8)24-12-13-25-27(4,5)26(31)16-17-28(25,6)23(24)15-19-29(22,30)7/h10,21-22,25-26,31H,9,11-19H2,1-8H3/t21-,22?,25-,26-,28+,29-,30+/m0/s1. The molecule has 0 saturated heterocycles. The van der Waals surface area contributed by atoms with Crippen LogP contribution in [0.5, 0.6) is 0 Å². The van der Waals surface area contributed by atoms with Crippen LogP contribution in [0.2, 0.25) is 0 Å². The van der Waals surface area contributed by atoms with Gasteiger partial charge >= 0.3 is 0 Å². The minimum atomic E-state index is -0.130. The minimum absolute atomic E-state index is 0.0465. The number of aliphatic hydroxyl groups is 1. The van der Waals surface area contributed by atoms with Crippen LogP contribution >= 0.6 is 0 Å². The fourth-order valence-electron chi connectivity index (χ4n) is 9.47. The molecule has 176 valence electrons. The topological polar surface area (TPSA) is 20.2 Å². The van der Waals surface area contributed by atoms with Crippen LogP contribution in [0.25, 0.3) is 0 Å². The summed E-state index contributed by atoms with van der Waals surface area (Å²) in [7, 11) is 0. The Kier molecular flexibility index (Phi) is 5.90. The van der Waals surface area contributed by atoms with Crippen molar-refractivity contribution in [2.75, 3.05) is 0 Å². The first-order valence-electron chi connectivity index (χ1n) is 13.4. The highest BCUT2D eigenvalue weighted by atomic mass is 16.3. The summed E-state index contributed by atoms with van der Waals surface area (Å²) < 4.78 is 0. The minimum Gasteiger partial charge on any atom is -0.393 e. The second-order valence-electron chi connectivity index (χ2n) is 13.6. The van der Waals surface area contributed by atoms with Crippen molar-refractivity contribution in [2.45, 2.75) is 126 Å². The highest BCUT2D eigenvalue weighted by molar-refractivity contribution is 5.38. The van der Waals surface area contributed by atoms with E-state index in [-0.39, 0.29) is 11.5 Å². The number of aliphatic hydroxyl groups excluding tert-OH is 1. The van der Waals surface area contributed by atoms with Gasteiger partial charge in [-0.05, 0) is 117 Å². The van der Waals surface area contributed by atoms with Gasteiger partial charge in [0.1, 0.15) is 0 Å². The van der Waals surface area contributed by atoms with Crippen LogP contribution < -0.4 is 0 Å². The lowest BCUT2D eigenvalue weighted by atomic mass is 9.43. The molecular formula is C30H50O. The van der Waals surface area contributed by atoms with Crippen LogP contribution in [-0.4, -0.2) is 11.2 Å². The Morgan fingerprint density at radius 1 is 0.968 bits per heavy atom. The molecule has 0 amide bonds. The maximum atomic E-state index is 10.8. The van der Waals surface area contributed by atoms with Crippen molar-refractivity contribution in [2.24, 2.45) is 39.4 Å². The molecule has 7 atom stereocenters. The number of hydrogen-bond acceptors (Lipinski definition) is 1. The molecule has 2 saturated carbocycles. The SMILES string of the molecule is CC(C)=CCC[C@H](C)C1CC[C@]2(C)C3=C(CC[C@@]12C)[C@@]1(C)CC[C@H](O)C(C)(C)[C@@H]1CC3. The number of hydrogen-bond donors (Lipinski definition) is 1. The van der Waals surface area contributed by atoms with Gasteiger partial charge in [-0.1, -0.05) is 64.3 Å². The zero-order chi connectivity index (χ0) is 22.8. The molecule has 0 aromatic carbocycles. The maximum Gasteiger partial charge on any atom is 0.0594 e. The van der Waals surface area contributed by atoms with E-state index in [1.807, 2.05) is 11.1 Å². The lowest BCUT2D eigenvalue weighted by molar-refractivity contribution is -0.0962. The molecule has 2 fully saturated rings. The first kappa shape index (κ1) is 23.6. The Balaban J connectivity index is 1.65. The molecule has 0 spiro atoms. The van der Waals surface area contributed by atoms with E-state index in [9.17, 15) is 5.11 Å². The highest BCUT2D eigenvalue weighted by Crippen LogP contribution is 2.72. The van der Waals surface area contributed by atoms with Crippen LogP contribution in [0.4, 0.5) is 0 Å². The van der Waals surface area contributed by atoms with Gasteiger partial charge in [0.15, 0.2) is 0 Å². The Labute approximate surface area is 193 Å². The van der Waals surface area contributed by atoms with Crippen molar-refractivity contribution in [1.29, 1.82) is 0 Å². The largest absolute Gasteiger partial charge is 0.393 e. The average Bonchev–Trinajstić information content (AvgIpc) is 2.96. The summed E-state index contributed by atoms with van der Waals surface area (Å²) in [5.74, 6) is 2.32. The number of allylic oxidation sites excluding steroid dienone is 4. The van der Waals surface area contributed by atoms with Gasteiger partial charge in [-0.2, -0.15) is 0 Å². The molecule has 31 heavy (non-hydrogen) atoms. The van der Waals surface area contributed by atoms with Crippen molar-refractivity contribution < 1.29 is 5.11 Å². The van der Waals surface area contributed by atoms with E-state index in [0.717, 1.165) is 18.3 Å². The van der Waals surface area contributed by atoms with E-state index in [2.05, 4.69) is 61.5 Å². The quantitative estimate of drug-likeness (QED) is 0.447. The lowest BCUT2D eigenvalue weighted by Gasteiger charge is -2.62. The molecular weight excluding hydrogens is 376 g/mol. The van der Waals surface area contributed by atoms with Crippen molar-refractivity contribution in [3.63, 3.8) is 0 Å². The predicted molar refractivity (Wildman–Crippen MR) is 133 cm³/mol. The molecule has 0 radical (unpaired) electrons. The molecule has 0 heterocycles. The Morgan fingerprint density at radius 2 is 1.68 bits per heavy atom. The molecule has 1 heteroatoms. The van der Waals surface area contributed by atoms with Gasteiger partial charge in [-0.3, -0.25) is 0 Å². The maximum absolute atomic E-state index is 10.8. The van der Waals surface area contributed by atoms with Crippen LogP contribution in [0.3, 0.4) is 0 Å². The summed E-state index contributed by atoms with van der Waals surface area (Å²) in [6.07, 6.45) is 15.2. The summed E-state index contributed by atoms with van der Waals surface area (Å²) in [5, 5.41) is 10.8. The molecule has 4 aliphatic rings. The van der Waals surface area contributed by atoms with Gasteiger partial charge in [0, 0.05) is 0 Å². The lowest BCUT2D eigenvalue weighted by Crippen LogP contribution is -2.55. The molecule has 1 unspecified atom stereocenters. The summed E-state index contributed by atoms with van der Waals surface area (Å²) in [6, 6.07) is 0. The van der Waals surface area contributed by atoms with Crippen LogP contribution in [0, 0.1) is 39.4 Å². The Morgan fingerprint density at radius 3 is 2.35 bits per heavy atom. The van der Waals surface area contributed by atoms with Gasteiger partial charge in [0.2, 0.25) is 0 Å². The Bertz CT molecular complexity index is 767. The zero-order valence-corrected chi connectivity index (χ0v) is 21.9. The first-order chi connectivity index (χ1) is 14.4. The molecule has 4 rings (SSSR count). The van der Waals surface area contributed by atoms with Gasteiger partial charge < -0.3 is 5.11 Å². The van der Waals surface area contributed by atoms with E-state index < -0.39 is 0 Å². The van der Waals surface area contributed by atoms with E-state index in [0.29, 0.717) is 22.2 Å². The van der Waals surface area contributed by atoms with Gasteiger partial charge in [-0.15, -0.1) is 0 Å². The second-order valence-corrected chi connectivity index (χ2v) is 13.6. The molecule has 1 nitrogen and oxygen atoms in total. The highest BCUT2D eigenvalue weighted by Gasteiger charge is 2.63. The molecule has 0 aromatic heterocycles. The van der Waals surface area contributed by atoms with Crippen molar-refractivity contribution in [3.05, 3.63) is 22.8 Å². The summed E-state index contributed by atoms with van der Waals surface area (Å²) in [6.45, 7) is 19.6. The average molecular weight is 427 g/mol. The normalized spacial score (nSPS) is 44.9. The molecule has 1 N–H and O–H groups in total. The smallest absolute Gasteiger partial charge is 0.0594 e. The predicted octanol–water partition coefficient (Wildman–Crippen LogP) is 8.48. The zero-order valence-electron chi connectivity index (χ0n) is 21.9. The first-order valence-corrected chi connectivity index (χ1v) is 13.4. The van der Waals surface area contributed by atoms with Crippen LogP contribution in [0.15, 0.2) is 22.8 Å². The van der Waals surface area contributed by atoms with Crippen molar-refractivity contribution >= 4 is 0 Å². The van der Waals surface area contributed by atoms with E-state index in [4.69, 9.17) is 0 Å². The third-order valence-corrected chi connectivity index (χ3v) is 11.7. The van der Waals surface area contributed by atoms with Crippen molar-refractivity contribution in [1.82, 2.24) is 0 Å². The van der Waals surface area contributed by atoms with E-state index in [1.165, 1.54) is 63.4 Å². The molecule has 0 bridgehead atoms. The van der Waals surface area contributed by atoms with Crippen molar-refractivity contribution in [3.8, 4) is 0 Å². The van der Waals surface area contributed by atoms with Gasteiger partial charge in [-0.25, -0.2) is 0 Å². The molecule has 0 aromatic rings. The van der Waals surface area contributed by atoms with E-state index in [1.54, 1.807) is 0 Å². The van der Waals surface area contributed by atoms with E-state index >= 15 is 0 Å². The Hall–Kier alpha value is -0.560.